The lowest BCUT2D eigenvalue weighted by atomic mass is 10.1. The van der Waals surface area contributed by atoms with Gasteiger partial charge in [-0.3, -0.25) is 9.59 Å². The first-order valence-corrected chi connectivity index (χ1v) is 9.49. The van der Waals surface area contributed by atoms with Gasteiger partial charge in [-0.1, -0.05) is 23.2 Å². The molecule has 1 N–H and O–H groups in total. The molecule has 2 aromatic rings. The van der Waals surface area contributed by atoms with Gasteiger partial charge in [0.1, 0.15) is 17.5 Å². The molecule has 1 saturated heterocycles. The fraction of sp³-hybridized carbons (Fsp3) is 0.300. The zero-order valence-electron chi connectivity index (χ0n) is 15.5. The number of anilines is 1. The third-order valence-corrected chi connectivity index (χ3v) is 5.20. The van der Waals surface area contributed by atoms with Crippen LogP contribution in [0.3, 0.4) is 0 Å². The predicted molar refractivity (Wildman–Crippen MR) is 109 cm³/mol. The number of hydrogen-bond donors (Lipinski definition) is 1. The second kappa shape index (κ2) is 8.71. The number of hydrogen-bond acceptors (Lipinski definition) is 4. The molecule has 28 heavy (non-hydrogen) atoms. The maximum Gasteiger partial charge on any atom is 0.256 e. The Kier molecular flexibility index (Phi) is 6.31. The normalized spacial score (nSPS) is 16.0. The van der Waals surface area contributed by atoms with E-state index in [1.807, 2.05) is 0 Å². The van der Waals surface area contributed by atoms with E-state index < -0.39 is 6.04 Å². The summed E-state index contributed by atoms with van der Waals surface area (Å²) in [5.41, 5.74) is 0.764. The molecule has 1 fully saturated rings. The van der Waals surface area contributed by atoms with Gasteiger partial charge in [0.05, 0.1) is 30.5 Å². The molecule has 1 atom stereocenters. The van der Waals surface area contributed by atoms with Crippen molar-refractivity contribution in [3.63, 3.8) is 0 Å². The van der Waals surface area contributed by atoms with E-state index in [0.29, 0.717) is 40.2 Å². The largest absolute Gasteiger partial charge is 0.497 e. The van der Waals surface area contributed by atoms with E-state index in [4.69, 9.17) is 32.7 Å². The fourth-order valence-corrected chi connectivity index (χ4v) is 3.60. The number of rotatable bonds is 5. The van der Waals surface area contributed by atoms with Gasteiger partial charge in [-0.05, 0) is 43.2 Å². The maximum atomic E-state index is 13.0. The van der Waals surface area contributed by atoms with Crippen molar-refractivity contribution in [2.45, 2.75) is 18.9 Å². The fourth-order valence-electron chi connectivity index (χ4n) is 3.23. The van der Waals surface area contributed by atoms with Crippen LogP contribution in [0.15, 0.2) is 36.4 Å². The monoisotopic (exact) mass is 422 g/mol. The van der Waals surface area contributed by atoms with Crippen molar-refractivity contribution in [3.05, 3.63) is 52.0 Å². The number of nitrogens with zero attached hydrogens (tertiary/aromatic N) is 1. The van der Waals surface area contributed by atoms with Crippen molar-refractivity contribution < 1.29 is 19.1 Å². The molecular formula is C20H20Cl2N2O4. The van der Waals surface area contributed by atoms with Crippen LogP contribution in [0.5, 0.6) is 11.5 Å². The number of amides is 2. The summed E-state index contributed by atoms with van der Waals surface area (Å²) in [7, 11) is 3.06. The summed E-state index contributed by atoms with van der Waals surface area (Å²) in [6, 6.07) is 9.21. The quantitative estimate of drug-likeness (QED) is 0.781. The summed E-state index contributed by atoms with van der Waals surface area (Å²) < 4.78 is 10.5. The highest BCUT2D eigenvalue weighted by atomic mass is 35.5. The van der Waals surface area contributed by atoms with Crippen molar-refractivity contribution in [3.8, 4) is 11.5 Å². The lowest BCUT2D eigenvalue weighted by Gasteiger charge is -2.25. The summed E-state index contributed by atoms with van der Waals surface area (Å²) in [5.74, 6) is 0.474. The van der Waals surface area contributed by atoms with Crippen LogP contribution in [-0.2, 0) is 4.79 Å². The van der Waals surface area contributed by atoms with Gasteiger partial charge < -0.3 is 19.7 Å². The number of likely N-dealkylation sites (tertiary alicyclic amines) is 1. The third-order valence-electron chi connectivity index (χ3n) is 4.64. The minimum Gasteiger partial charge on any atom is -0.497 e. The van der Waals surface area contributed by atoms with Gasteiger partial charge in [-0.25, -0.2) is 0 Å². The number of ether oxygens (including phenoxy) is 2. The van der Waals surface area contributed by atoms with Crippen LogP contribution in [-0.4, -0.2) is 43.5 Å². The molecule has 6 nitrogen and oxygen atoms in total. The Balaban J connectivity index is 1.82. The van der Waals surface area contributed by atoms with E-state index in [0.717, 1.165) is 6.42 Å². The first-order valence-electron chi connectivity index (χ1n) is 8.73. The molecule has 3 rings (SSSR count). The van der Waals surface area contributed by atoms with Crippen molar-refractivity contribution in [2.75, 3.05) is 26.1 Å². The number of carbonyl (C=O) groups excluding carboxylic acids is 2. The topological polar surface area (TPSA) is 67.9 Å². The van der Waals surface area contributed by atoms with Crippen LogP contribution < -0.4 is 14.8 Å². The Morgan fingerprint density at radius 2 is 1.89 bits per heavy atom. The van der Waals surface area contributed by atoms with Gasteiger partial charge in [0.25, 0.3) is 5.91 Å². The summed E-state index contributed by atoms with van der Waals surface area (Å²) in [5, 5.41) is 3.56. The number of nitrogens with one attached hydrogen (secondary N) is 1. The van der Waals surface area contributed by atoms with Crippen LogP contribution >= 0.6 is 23.2 Å². The Labute approximate surface area is 173 Å². The van der Waals surface area contributed by atoms with Gasteiger partial charge in [-0.2, -0.15) is 0 Å². The highest BCUT2D eigenvalue weighted by molar-refractivity contribution is 6.35. The number of methoxy groups -OCH3 is 2. The second-order valence-corrected chi connectivity index (χ2v) is 7.18. The van der Waals surface area contributed by atoms with Crippen molar-refractivity contribution in [2.24, 2.45) is 0 Å². The van der Waals surface area contributed by atoms with Crippen molar-refractivity contribution >= 4 is 40.7 Å². The van der Waals surface area contributed by atoms with Crippen LogP contribution in [0.4, 0.5) is 5.69 Å². The van der Waals surface area contributed by atoms with Crippen LogP contribution in [0.25, 0.3) is 0 Å². The summed E-state index contributed by atoms with van der Waals surface area (Å²) in [6.45, 7) is 0.467. The molecule has 1 aliphatic heterocycles. The second-order valence-electron chi connectivity index (χ2n) is 6.34. The summed E-state index contributed by atoms with van der Waals surface area (Å²) in [6.07, 6.45) is 1.28. The maximum absolute atomic E-state index is 13.0. The Hall–Kier alpha value is -2.44. The standard InChI is InChI=1S/C20H20Cl2N2O4/c1-27-13-6-8-18(28-2)16(11-13)23-19(25)17-4-3-9-24(17)20(26)14-10-12(21)5-7-15(14)22/h5-8,10-11,17H,3-4,9H2,1-2H3,(H,23,25). The Morgan fingerprint density at radius 3 is 2.61 bits per heavy atom. The van der Waals surface area contributed by atoms with Crippen LogP contribution in [0, 0.1) is 0 Å². The van der Waals surface area contributed by atoms with Gasteiger partial charge >= 0.3 is 0 Å². The van der Waals surface area contributed by atoms with E-state index in [1.165, 1.54) is 18.1 Å². The average molecular weight is 423 g/mol. The SMILES string of the molecule is COc1ccc(OC)c(NC(=O)C2CCCN2C(=O)c2cc(Cl)ccc2Cl)c1. The van der Waals surface area contributed by atoms with E-state index in [-0.39, 0.29) is 17.4 Å². The molecule has 1 heterocycles. The van der Waals surface area contributed by atoms with E-state index in [2.05, 4.69) is 5.32 Å². The van der Waals surface area contributed by atoms with Crippen molar-refractivity contribution in [1.29, 1.82) is 0 Å². The number of benzene rings is 2. The smallest absolute Gasteiger partial charge is 0.256 e. The lowest BCUT2D eigenvalue weighted by Crippen LogP contribution is -2.43. The molecule has 1 aliphatic rings. The zero-order chi connectivity index (χ0) is 20.3. The first-order chi connectivity index (χ1) is 13.4. The van der Waals surface area contributed by atoms with Crippen LogP contribution in [0.1, 0.15) is 23.2 Å². The molecule has 0 aliphatic carbocycles. The molecule has 0 bridgehead atoms. The summed E-state index contributed by atoms with van der Waals surface area (Å²) >= 11 is 12.2. The van der Waals surface area contributed by atoms with Gasteiger partial charge in [-0.15, -0.1) is 0 Å². The molecule has 1 unspecified atom stereocenters. The Morgan fingerprint density at radius 1 is 1.11 bits per heavy atom. The first kappa shape index (κ1) is 20.3. The van der Waals surface area contributed by atoms with E-state index >= 15 is 0 Å². The zero-order valence-corrected chi connectivity index (χ0v) is 17.0. The predicted octanol–water partition coefficient (Wildman–Crippen LogP) is 4.25. The number of halogens is 2. The number of carbonyl (C=O) groups is 2. The lowest BCUT2D eigenvalue weighted by molar-refractivity contribution is -0.119. The van der Waals surface area contributed by atoms with E-state index in [9.17, 15) is 9.59 Å². The molecule has 2 amide bonds. The Bertz CT molecular complexity index is 904. The molecule has 0 spiro atoms. The van der Waals surface area contributed by atoms with Gasteiger partial charge in [0, 0.05) is 17.6 Å². The molecule has 2 aromatic carbocycles. The minimum atomic E-state index is -0.613. The molecular weight excluding hydrogens is 403 g/mol. The molecule has 0 saturated carbocycles. The minimum absolute atomic E-state index is 0.285. The van der Waals surface area contributed by atoms with E-state index in [1.54, 1.807) is 37.4 Å². The van der Waals surface area contributed by atoms with Crippen LogP contribution in [0.2, 0.25) is 10.0 Å². The highest BCUT2D eigenvalue weighted by Gasteiger charge is 2.35. The van der Waals surface area contributed by atoms with Crippen molar-refractivity contribution in [1.82, 2.24) is 4.90 Å². The summed E-state index contributed by atoms with van der Waals surface area (Å²) in [4.78, 5) is 27.4. The van der Waals surface area contributed by atoms with Gasteiger partial charge in [0.2, 0.25) is 5.91 Å². The highest BCUT2D eigenvalue weighted by Crippen LogP contribution is 2.31. The van der Waals surface area contributed by atoms with Gasteiger partial charge in [0.15, 0.2) is 0 Å². The average Bonchev–Trinajstić information content (AvgIpc) is 3.19. The molecule has 8 heteroatoms. The molecule has 0 aromatic heterocycles. The molecule has 0 radical (unpaired) electrons. The molecule has 148 valence electrons. The third kappa shape index (κ3) is 4.18.